The Morgan fingerprint density at radius 2 is 1.91 bits per heavy atom. The Morgan fingerprint density at radius 3 is 2.66 bits per heavy atom. The Balaban J connectivity index is 1.37. The molecule has 4 rings (SSSR count). The van der Waals surface area contributed by atoms with Gasteiger partial charge >= 0.3 is 6.03 Å². The number of carbonyl (C=O) groups is 1. The van der Waals surface area contributed by atoms with Crippen LogP contribution in [0, 0.1) is 13.8 Å². The first-order chi connectivity index (χ1) is 15.5. The first kappa shape index (κ1) is 21.4. The molecule has 0 bridgehead atoms. The van der Waals surface area contributed by atoms with Crippen LogP contribution in [0.4, 0.5) is 10.6 Å². The van der Waals surface area contributed by atoms with Crippen molar-refractivity contribution in [3.8, 4) is 11.3 Å². The van der Waals surface area contributed by atoms with Gasteiger partial charge < -0.3 is 5.32 Å². The third kappa shape index (κ3) is 5.08. The van der Waals surface area contributed by atoms with E-state index in [0.29, 0.717) is 22.7 Å². The van der Waals surface area contributed by atoms with Crippen molar-refractivity contribution in [2.24, 2.45) is 0 Å². The zero-order valence-electron chi connectivity index (χ0n) is 18.5. The Morgan fingerprint density at radius 1 is 1.09 bits per heavy atom. The molecule has 2 amide bonds. The highest BCUT2D eigenvalue weighted by Crippen LogP contribution is 2.24. The van der Waals surface area contributed by atoms with E-state index in [1.165, 1.54) is 5.56 Å². The zero-order chi connectivity index (χ0) is 22.5. The number of hydrogen-bond acceptors (Lipinski definition) is 5. The SMILES string of the molecule is Cc1n[nH]c(C)c1-c1cnc2ccc(NC(=O)N[C@H](C)CCCc3ccccc3)nc2n1. The molecule has 164 valence electrons. The van der Waals surface area contributed by atoms with Crippen LogP contribution in [-0.2, 0) is 6.42 Å². The van der Waals surface area contributed by atoms with E-state index < -0.39 is 0 Å². The molecule has 8 heteroatoms. The van der Waals surface area contributed by atoms with Gasteiger partial charge in [0.15, 0.2) is 5.65 Å². The maximum atomic E-state index is 12.4. The lowest BCUT2D eigenvalue weighted by atomic mass is 10.1. The topological polar surface area (TPSA) is 108 Å². The Hall–Kier alpha value is -3.81. The molecular formula is C24H27N7O. The number of carbonyl (C=O) groups excluding carboxylic acids is 1. The number of anilines is 1. The van der Waals surface area contributed by atoms with Crippen molar-refractivity contribution in [1.82, 2.24) is 30.5 Å². The van der Waals surface area contributed by atoms with Crippen molar-refractivity contribution >= 4 is 23.0 Å². The average molecular weight is 430 g/mol. The van der Waals surface area contributed by atoms with E-state index in [9.17, 15) is 4.79 Å². The van der Waals surface area contributed by atoms with Gasteiger partial charge in [-0.05, 0) is 57.7 Å². The second-order valence-corrected chi connectivity index (χ2v) is 7.98. The summed E-state index contributed by atoms with van der Waals surface area (Å²) in [5, 5.41) is 13.0. The molecule has 3 heterocycles. The van der Waals surface area contributed by atoms with Crippen LogP contribution in [0.3, 0.4) is 0 Å². The highest BCUT2D eigenvalue weighted by molar-refractivity contribution is 5.89. The Kier molecular flexibility index (Phi) is 6.39. The lowest BCUT2D eigenvalue weighted by Gasteiger charge is -2.14. The van der Waals surface area contributed by atoms with Gasteiger partial charge in [-0.15, -0.1) is 0 Å². The molecule has 0 saturated heterocycles. The summed E-state index contributed by atoms with van der Waals surface area (Å²) in [7, 11) is 0. The first-order valence-corrected chi connectivity index (χ1v) is 10.8. The number of amides is 2. The normalized spacial score (nSPS) is 12.0. The molecule has 3 aromatic heterocycles. The molecule has 1 atom stereocenters. The van der Waals surface area contributed by atoms with Gasteiger partial charge in [0.05, 0.1) is 17.6 Å². The monoisotopic (exact) mass is 429 g/mol. The third-order valence-electron chi connectivity index (χ3n) is 5.36. The quantitative estimate of drug-likeness (QED) is 0.399. The number of pyridine rings is 1. The van der Waals surface area contributed by atoms with Crippen LogP contribution in [0.1, 0.15) is 36.7 Å². The van der Waals surface area contributed by atoms with Crippen LogP contribution >= 0.6 is 0 Å². The molecular weight excluding hydrogens is 402 g/mol. The Bertz CT molecular complexity index is 1200. The van der Waals surface area contributed by atoms with E-state index >= 15 is 0 Å². The molecule has 0 aliphatic heterocycles. The van der Waals surface area contributed by atoms with Gasteiger partial charge in [0.2, 0.25) is 0 Å². The maximum Gasteiger partial charge on any atom is 0.320 e. The summed E-state index contributed by atoms with van der Waals surface area (Å²) >= 11 is 0. The Labute approximate surface area is 186 Å². The van der Waals surface area contributed by atoms with Crippen molar-refractivity contribution in [3.05, 3.63) is 65.6 Å². The molecule has 0 aliphatic rings. The number of rotatable bonds is 7. The van der Waals surface area contributed by atoms with Gasteiger partial charge in [0.25, 0.3) is 0 Å². The number of nitrogens with zero attached hydrogens (tertiary/aromatic N) is 4. The van der Waals surface area contributed by atoms with Crippen molar-refractivity contribution in [2.45, 2.75) is 46.1 Å². The molecule has 1 aromatic carbocycles. The van der Waals surface area contributed by atoms with Crippen LogP contribution in [0.5, 0.6) is 0 Å². The smallest absolute Gasteiger partial charge is 0.320 e. The number of aryl methyl sites for hydroxylation is 3. The maximum absolute atomic E-state index is 12.4. The van der Waals surface area contributed by atoms with Gasteiger partial charge in [-0.2, -0.15) is 5.10 Å². The first-order valence-electron chi connectivity index (χ1n) is 10.8. The fourth-order valence-electron chi connectivity index (χ4n) is 3.72. The predicted octanol–water partition coefficient (Wildman–Crippen LogP) is 4.56. The number of benzene rings is 1. The molecule has 0 unspecified atom stereocenters. The minimum absolute atomic E-state index is 0.0533. The molecule has 0 spiro atoms. The molecule has 0 saturated carbocycles. The standard InChI is InChI=1S/C24H27N7O/c1-15(8-7-11-18-9-5-4-6-10-18)26-24(32)29-21-13-12-19-23(28-21)27-20(14-25-19)22-16(2)30-31-17(22)3/h4-6,9-10,12-15H,7-8,11H2,1-3H3,(H,30,31)(H2,26,27,28,29,32)/t15-/m1/s1. The fraction of sp³-hybridized carbons (Fsp3) is 0.292. The van der Waals surface area contributed by atoms with Crippen LogP contribution in [0.15, 0.2) is 48.7 Å². The summed E-state index contributed by atoms with van der Waals surface area (Å²) in [5.74, 6) is 0.429. The minimum atomic E-state index is -0.283. The molecule has 8 nitrogen and oxygen atoms in total. The van der Waals surface area contributed by atoms with Crippen LogP contribution in [0.2, 0.25) is 0 Å². The lowest BCUT2D eigenvalue weighted by Crippen LogP contribution is -2.36. The van der Waals surface area contributed by atoms with Crippen LogP contribution in [0.25, 0.3) is 22.4 Å². The summed E-state index contributed by atoms with van der Waals surface area (Å²) in [4.78, 5) is 26.0. The van der Waals surface area contributed by atoms with Gasteiger partial charge in [-0.25, -0.2) is 14.8 Å². The minimum Gasteiger partial charge on any atom is -0.335 e. The predicted molar refractivity (Wildman–Crippen MR) is 125 cm³/mol. The summed E-state index contributed by atoms with van der Waals surface area (Å²) in [6.07, 6.45) is 4.61. The number of nitrogens with one attached hydrogen (secondary N) is 3. The van der Waals surface area contributed by atoms with Crippen LogP contribution in [-0.4, -0.2) is 37.2 Å². The number of urea groups is 1. The molecule has 0 radical (unpaired) electrons. The molecule has 32 heavy (non-hydrogen) atoms. The number of aromatic amines is 1. The van der Waals surface area contributed by atoms with Crippen molar-refractivity contribution in [1.29, 1.82) is 0 Å². The second kappa shape index (κ2) is 9.55. The van der Waals surface area contributed by atoms with Gasteiger partial charge in [0, 0.05) is 17.3 Å². The van der Waals surface area contributed by atoms with E-state index in [0.717, 1.165) is 36.2 Å². The van der Waals surface area contributed by atoms with E-state index in [1.807, 2.05) is 39.0 Å². The lowest BCUT2D eigenvalue weighted by molar-refractivity contribution is 0.248. The third-order valence-corrected chi connectivity index (χ3v) is 5.36. The van der Waals surface area contributed by atoms with Crippen LogP contribution < -0.4 is 10.6 Å². The van der Waals surface area contributed by atoms with Gasteiger partial charge in [-0.1, -0.05) is 30.3 Å². The van der Waals surface area contributed by atoms with E-state index in [2.05, 4.69) is 47.9 Å². The summed E-state index contributed by atoms with van der Waals surface area (Å²) in [6, 6.07) is 13.7. The summed E-state index contributed by atoms with van der Waals surface area (Å²) in [5.41, 5.74) is 5.83. The van der Waals surface area contributed by atoms with Crippen molar-refractivity contribution in [2.75, 3.05) is 5.32 Å². The zero-order valence-corrected chi connectivity index (χ0v) is 18.5. The van der Waals surface area contributed by atoms with Gasteiger partial charge in [0.1, 0.15) is 11.3 Å². The van der Waals surface area contributed by atoms with E-state index in [-0.39, 0.29) is 12.1 Å². The summed E-state index contributed by atoms with van der Waals surface area (Å²) < 4.78 is 0. The van der Waals surface area contributed by atoms with E-state index in [4.69, 9.17) is 0 Å². The van der Waals surface area contributed by atoms with Crippen molar-refractivity contribution in [3.63, 3.8) is 0 Å². The second-order valence-electron chi connectivity index (χ2n) is 7.98. The van der Waals surface area contributed by atoms with Crippen molar-refractivity contribution < 1.29 is 4.79 Å². The number of aromatic nitrogens is 5. The van der Waals surface area contributed by atoms with E-state index in [1.54, 1.807) is 18.3 Å². The number of hydrogen-bond donors (Lipinski definition) is 3. The molecule has 4 aromatic rings. The fourth-order valence-corrected chi connectivity index (χ4v) is 3.72. The average Bonchev–Trinajstić information content (AvgIpc) is 3.11. The number of H-pyrrole nitrogens is 1. The molecule has 0 fully saturated rings. The molecule has 3 N–H and O–H groups in total. The molecule has 0 aliphatic carbocycles. The van der Waals surface area contributed by atoms with Gasteiger partial charge in [-0.3, -0.25) is 15.4 Å². The highest BCUT2D eigenvalue weighted by Gasteiger charge is 2.13. The highest BCUT2D eigenvalue weighted by atomic mass is 16.2. The largest absolute Gasteiger partial charge is 0.335 e. The number of fused-ring (bicyclic) bond motifs is 1. The summed E-state index contributed by atoms with van der Waals surface area (Å²) in [6.45, 7) is 5.87.